The van der Waals surface area contributed by atoms with E-state index in [0.717, 1.165) is 17.9 Å². The van der Waals surface area contributed by atoms with Crippen molar-refractivity contribution < 1.29 is 4.79 Å². The van der Waals surface area contributed by atoms with Crippen molar-refractivity contribution in [1.82, 2.24) is 4.90 Å². The van der Waals surface area contributed by atoms with Gasteiger partial charge in [0.25, 0.3) is 0 Å². The predicted octanol–water partition coefficient (Wildman–Crippen LogP) is 3.29. The number of amides is 1. The Morgan fingerprint density at radius 1 is 1.08 bits per heavy atom. The van der Waals surface area contributed by atoms with E-state index in [4.69, 9.17) is 0 Å². The van der Waals surface area contributed by atoms with Gasteiger partial charge in [0.2, 0.25) is 5.91 Å². The van der Waals surface area contributed by atoms with Gasteiger partial charge in [-0.1, -0.05) is 30.3 Å². The zero-order chi connectivity index (χ0) is 17.3. The first-order valence-electron chi connectivity index (χ1n) is 8.28. The van der Waals surface area contributed by atoms with Crippen molar-refractivity contribution in [2.24, 2.45) is 0 Å². The number of nitrogens with one attached hydrogen (secondary N) is 1. The van der Waals surface area contributed by atoms with Crippen molar-refractivity contribution in [3.05, 3.63) is 59.2 Å². The summed E-state index contributed by atoms with van der Waals surface area (Å²) < 4.78 is 0. The van der Waals surface area contributed by atoms with Crippen LogP contribution in [0.1, 0.15) is 29.0 Å². The highest BCUT2D eigenvalue weighted by Crippen LogP contribution is 2.38. The second-order valence-corrected chi connectivity index (χ2v) is 6.95. The minimum absolute atomic E-state index is 0.0846. The summed E-state index contributed by atoms with van der Waals surface area (Å²) >= 11 is 0. The molecule has 1 heterocycles. The Bertz CT molecular complexity index is 752. The molecule has 1 atom stereocenters. The molecule has 0 saturated heterocycles. The molecule has 1 unspecified atom stereocenters. The van der Waals surface area contributed by atoms with Crippen LogP contribution in [0.3, 0.4) is 0 Å². The van der Waals surface area contributed by atoms with Crippen molar-refractivity contribution in [1.29, 1.82) is 0 Å². The Hall–Kier alpha value is -2.33. The molecule has 0 bridgehead atoms. The van der Waals surface area contributed by atoms with E-state index in [1.807, 2.05) is 19.0 Å². The van der Waals surface area contributed by atoms with Crippen LogP contribution >= 0.6 is 0 Å². The Balaban J connectivity index is 1.99. The van der Waals surface area contributed by atoms with Crippen LogP contribution in [0.4, 0.5) is 11.4 Å². The number of benzene rings is 2. The zero-order valence-electron chi connectivity index (χ0n) is 14.8. The van der Waals surface area contributed by atoms with Gasteiger partial charge < -0.3 is 15.1 Å². The maximum Gasteiger partial charge on any atom is 0.225 e. The van der Waals surface area contributed by atoms with Gasteiger partial charge in [-0.05, 0) is 42.9 Å². The zero-order valence-corrected chi connectivity index (χ0v) is 14.8. The molecule has 2 aromatic carbocycles. The van der Waals surface area contributed by atoms with E-state index in [1.165, 1.54) is 16.7 Å². The summed E-state index contributed by atoms with van der Waals surface area (Å²) in [6.45, 7) is 0.902. The molecule has 0 radical (unpaired) electrons. The molecule has 1 amide bonds. The van der Waals surface area contributed by atoms with E-state index in [-0.39, 0.29) is 11.8 Å². The largest absolute Gasteiger partial charge is 0.378 e. The van der Waals surface area contributed by atoms with Crippen LogP contribution in [-0.2, 0) is 11.3 Å². The van der Waals surface area contributed by atoms with Gasteiger partial charge in [0.05, 0.1) is 0 Å². The molecule has 126 valence electrons. The second-order valence-electron chi connectivity index (χ2n) is 6.95. The maximum absolute atomic E-state index is 12.2. The van der Waals surface area contributed by atoms with E-state index < -0.39 is 0 Å². The highest BCUT2D eigenvalue weighted by atomic mass is 16.1. The summed E-state index contributed by atoms with van der Waals surface area (Å²) in [7, 11) is 8.15. The van der Waals surface area contributed by atoms with Gasteiger partial charge in [-0.25, -0.2) is 0 Å². The van der Waals surface area contributed by atoms with Crippen molar-refractivity contribution in [2.45, 2.75) is 18.9 Å². The summed E-state index contributed by atoms with van der Waals surface area (Å²) in [5.41, 5.74) is 5.71. The summed E-state index contributed by atoms with van der Waals surface area (Å²) in [6.07, 6.45) is 0.500. The first-order valence-corrected chi connectivity index (χ1v) is 8.28. The van der Waals surface area contributed by atoms with Crippen LogP contribution in [0, 0.1) is 0 Å². The third-order valence-electron chi connectivity index (χ3n) is 4.44. The number of anilines is 2. The molecular formula is C20H25N3O. The summed E-state index contributed by atoms with van der Waals surface area (Å²) in [6, 6.07) is 14.9. The number of hydrogen-bond acceptors (Lipinski definition) is 3. The van der Waals surface area contributed by atoms with Crippen molar-refractivity contribution in [2.75, 3.05) is 38.4 Å². The third kappa shape index (κ3) is 3.44. The molecule has 0 aromatic heterocycles. The normalized spacial score (nSPS) is 16.7. The number of nitrogens with zero attached hydrogens (tertiary/aromatic N) is 2. The summed E-state index contributed by atoms with van der Waals surface area (Å²) in [5.74, 6) is 0.202. The second kappa shape index (κ2) is 6.65. The highest BCUT2D eigenvalue weighted by molar-refractivity contribution is 5.96. The van der Waals surface area contributed by atoms with Crippen molar-refractivity contribution >= 4 is 17.3 Å². The van der Waals surface area contributed by atoms with Gasteiger partial charge in [0.15, 0.2) is 0 Å². The molecule has 24 heavy (non-hydrogen) atoms. The van der Waals surface area contributed by atoms with E-state index in [0.29, 0.717) is 6.42 Å². The average molecular weight is 323 g/mol. The lowest BCUT2D eigenvalue weighted by molar-refractivity contribution is -0.116. The van der Waals surface area contributed by atoms with Crippen LogP contribution in [0.5, 0.6) is 0 Å². The van der Waals surface area contributed by atoms with Crippen molar-refractivity contribution in [3.63, 3.8) is 0 Å². The van der Waals surface area contributed by atoms with Crippen LogP contribution < -0.4 is 10.2 Å². The molecule has 1 aliphatic heterocycles. The maximum atomic E-state index is 12.2. The smallest absolute Gasteiger partial charge is 0.225 e. The molecule has 1 N–H and O–H groups in total. The molecule has 2 aromatic rings. The fraction of sp³-hybridized carbons (Fsp3) is 0.350. The van der Waals surface area contributed by atoms with E-state index in [2.05, 4.69) is 66.8 Å². The molecule has 1 aliphatic rings. The van der Waals surface area contributed by atoms with Gasteiger partial charge in [0.1, 0.15) is 0 Å². The quantitative estimate of drug-likeness (QED) is 0.938. The standard InChI is InChI=1S/C20H25N3O/c1-22(2)13-14-6-5-7-15(10-14)18-12-20(24)21-19-11-16(23(3)4)8-9-17(18)19/h5-11,18H,12-13H2,1-4H3,(H,21,24). The molecule has 0 saturated carbocycles. The molecule has 0 fully saturated rings. The Labute approximate surface area is 144 Å². The number of carbonyl (C=O) groups is 1. The lowest BCUT2D eigenvalue weighted by Gasteiger charge is -2.28. The number of fused-ring (bicyclic) bond motifs is 1. The fourth-order valence-corrected chi connectivity index (χ4v) is 3.30. The number of hydrogen-bond donors (Lipinski definition) is 1. The Morgan fingerprint density at radius 3 is 2.58 bits per heavy atom. The monoisotopic (exact) mass is 323 g/mol. The van der Waals surface area contributed by atoms with Gasteiger partial charge in [-0.3, -0.25) is 4.79 Å². The molecule has 0 aliphatic carbocycles. The fourth-order valence-electron chi connectivity index (χ4n) is 3.30. The van der Waals surface area contributed by atoms with E-state index in [1.54, 1.807) is 0 Å². The van der Waals surface area contributed by atoms with Gasteiger partial charge in [-0.15, -0.1) is 0 Å². The molecule has 3 rings (SSSR count). The number of rotatable bonds is 4. The molecule has 4 heteroatoms. The topological polar surface area (TPSA) is 35.6 Å². The lowest BCUT2D eigenvalue weighted by atomic mass is 9.84. The number of carbonyl (C=O) groups excluding carboxylic acids is 1. The molecular weight excluding hydrogens is 298 g/mol. The van der Waals surface area contributed by atoms with E-state index in [9.17, 15) is 4.79 Å². The third-order valence-corrected chi connectivity index (χ3v) is 4.44. The summed E-state index contributed by atoms with van der Waals surface area (Å²) in [4.78, 5) is 16.4. The first kappa shape index (κ1) is 16.5. The van der Waals surface area contributed by atoms with E-state index >= 15 is 0 Å². The van der Waals surface area contributed by atoms with Gasteiger partial charge in [0, 0.05) is 44.4 Å². The first-order chi connectivity index (χ1) is 11.4. The average Bonchev–Trinajstić information content (AvgIpc) is 2.53. The van der Waals surface area contributed by atoms with Gasteiger partial charge in [-0.2, -0.15) is 0 Å². The Morgan fingerprint density at radius 2 is 1.88 bits per heavy atom. The SMILES string of the molecule is CN(C)Cc1cccc(C2CC(=O)Nc3cc(N(C)C)ccc32)c1. The minimum Gasteiger partial charge on any atom is -0.378 e. The summed E-state index contributed by atoms with van der Waals surface area (Å²) in [5, 5.41) is 3.03. The lowest BCUT2D eigenvalue weighted by Crippen LogP contribution is -2.24. The molecule has 0 spiro atoms. The Kier molecular flexibility index (Phi) is 4.58. The van der Waals surface area contributed by atoms with Crippen LogP contribution in [0.2, 0.25) is 0 Å². The minimum atomic E-state index is 0.0846. The van der Waals surface area contributed by atoms with Crippen LogP contribution in [-0.4, -0.2) is 39.0 Å². The van der Waals surface area contributed by atoms with Crippen molar-refractivity contribution in [3.8, 4) is 0 Å². The van der Waals surface area contributed by atoms with Gasteiger partial charge >= 0.3 is 0 Å². The highest BCUT2D eigenvalue weighted by Gasteiger charge is 2.27. The molecule has 4 nitrogen and oxygen atoms in total. The van der Waals surface area contributed by atoms with Crippen LogP contribution in [0.25, 0.3) is 0 Å². The predicted molar refractivity (Wildman–Crippen MR) is 99.7 cm³/mol. The van der Waals surface area contributed by atoms with Crippen LogP contribution in [0.15, 0.2) is 42.5 Å².